The zero-order valence-corrected chi connectivity index (χ0v) is 21.2. The smallest absolute Gasteiger partial charge is 0.340 e. The van der Waals surface area contributed by atoms with E-state index in [4.69, 9.17) is 14.2 Å². The first kappa shape index (κ1) is 24.7. The molecule has 0 amide bonds. The van der Waals surface area contributed by atoms with Gasteiger partial charge in [-0.2, -0.15) is 0 Å². The second-order valence-electron chi connectivity index (χ2n) is 11.0. The van der Waals surface area contributed by atoms with Crippen molar-refractivity contribution in [3.63, 3.8) is 0 Å². The number of fused-ring (bicyclic) bond motifs is 4. The van der Waals surface area contributed by atoms with E-state index in [2.05, 4.69) is 0 Å². The lowest BCUT2D eigenvalue weighted by molar-refractivity contribution is -0.160. The molecule has 2 heterocycles. The van der Waals surface area contributed by atoms with E-state index in [-0.39, 0.29) is 30.0 Å². The number of ether oxygens (including phenoxy) is 3. The first-order valence-electron chi connectivity index (χ1n) is 12.6. The van der Waals surface area contributed by atoms with Gasteiger partial charge < -0.3 is 24.2 Å². The lowest BCUT2D eigenvalue weighted by Crippen LogP contribution is -2.57. The second-order valence-corrected chi connectivity index (χ2v) is 11.0. The van der Waals surface area contributed by atoms with Crippen LogP contribution in [0.3, 0.4) is 0 Å². The maximum Gasteiger partial charge on any atom is 0.340 e. The van der Waals surface area contributed by atoms with E-state index in [1.165, 1.54) is 14.0 Å². The molecule has 2 unspecified atom stereocenters. The van der Waals surface area contributed by atoms with Gasteiger partial charge in [0.2, 0.25) is 5.78 Å². The number of aliphatic hydroxyl groups excluding tert-OH is 1. The average molecular weight is 500 g/mol. The molecule has 0 aromatic rings. The van der Waals surface area contributed by atoms with Gasteiger partial charge in [0.1, 0.15) is 18.0 Å². The molecular formula is C27H33NO8. The van der Waals surface area contributed by atoms with Crippen LogP contribution >= 0.6 is 0 Å². The molecule has 36 heavy (non-hydrogen) atoms. The molecular weight excluding hydrogens is 466 g/mol. The maximum absolute atomic E-state index is 13.9. The third kappa shape index (κ3) is 3.38. The van der Waals surface area contributed by atoms with Gasteiger partial charge in [0.15, 0.2) is 5.76 Å². The number of methoxy groups -OCH3 is 1. The number of carbonyl (C=O) groups is 4. The van der Waals surface area contributed by atoms with Crippen molar-refractivity contribution < 1.29 is 38.5 Å². The van der Waals surface area contributed by atoms with E-state index < -0.39 is 52.4 Å². The minimum absolute atomic E-state index is 0.00857. The monoisotopic (exact) mass is 499 g/mol. The fourth-order valence-electron chi connectivity index (χ4n) is 7.14. The summed E-state index contributed by atoms with van der Waals surface area (Å²) in [5, 5.41) is 11.5. The summed E-state index contributed by atoms with van der Waals surface area (Å²) in [6.45, 7) is 6.43. The third-order valence-corrected chi connectivity index (χ3v) is 8.87. The number of allylic oxidation sites excluding steroid dienone is 1. The van der Waals surface area contributed by atoms with Gasteiger partial charge in [0, 0.05) is 68.6 Å². The van der Waals surface area contributed by atoms with Crippen LogP contribution in [0.25, 0.3) is 0 Å². The Morgan fingerprint density at radius 2 is 1.92 bits per heavy atom. The molecule has 194 valence electrons. The van der Waals surface area contributed by atoms with Gasteiger partial charge >= 0.3 is 11.9 Å². The van der Waals surface area contributed by atoms with Gasteiger partial charge in [-0.05, 0) is 31.8 Å². The number of hydrogen-bond donors (Lipinski definition) is 1. The molecule has 9 nitrogen and oxygen atoms in total. The largest absolute Gasteiger partial charge is 0.504 e. The summed E-state index contributed by atoms with van der Waals surface area (Å²) in [6.07, 6.45) is 2.87. The molecule has 0 radical (unpaired) electrons. The normalized spacial score (nSPS) is 37.2. The number of esters is 2. The van der Waals surface area contributed by atoms with Crippen molar-refractivity contribution in [1.82, 2.24) is 4.90 Å². The highest BCUT2D eigenvalue weighted by Gasteiger charge is 2.64. The Morgan fingerprint density at radius 1 is 1.22 bits per heavy atom. The van der Waals surface area contributed by atoms with Crippen molar-refractivity contribution in [3.8, 4) is 0 Å². The van der Waals surface area contributed by atoms with Gasteiger partial charge in [-0.3, -0.25) is 14.4 Å². The summed E-state index contributed by atoms with van der Waals surface area (Å²) >= 11 is 0. The molecule has 2 saturated heterocycles. The van der Waals surface area contributed by atoms with E-state index >= 15 is 0 Å². The van der Waals surface area contributed by atoms with Crippen molar-refractivity contribution in [2.45, 2.75) is 65.1 Å². The van der Waals surface area contributed by atoms with Crippen molar-refractivity contribution in [1.29, 1.82) is 0 Å². The summed E-state index contributed by atoms with van der Waals surface area (Å²) in [5.74, 6) is -2.71. The van der Waals surface area contributed by atoms with Crippen LogP contribution in [0.4, 0.5) is 0 Å². The molecule has 3 fully saturated rings. The van der Waals surface area contributed by atoms with E-state index in [1.54, 1.807) is 6.20 Å². The Balaban J connectivity index is 1.77. The maximum atomic E-state index is 13.9. The Bertz CT molecular complexity index is 1140. The number of ketones is 2. The van der Waals surface area contributed by atoms with Crippen molar-refractivity contribution in [2.24, 2.45) is 16.7 Å². The fraction of sp³-hybridized carbons (Fsp3) is 0.630. The lowest BCUT2D eigenvalue weighted by atomic mass is 9.53. The highest BCUT2D eigenvalue weighted by atomic mass is 16.6. The minimum Gasteiger partial charge on any atom is -0.504 e. The van der Waals surface area contributed by atoms with Crippen LogP contribution in [0.5, 0.6) is 0 Å². The standard InChI is InChI=1S/C27H33NO8/c1-14(29)35-17-11-26(2)16(7-8-18(26)30)20-22(17)27(3)19(13-34-4)36-25(33)15(12-28-9-5-6-10-28)21(27)24(32)23(20)31/h12,16-17,19,32H,5-11,13H2,1-4H3/b15-12-/t16-,17+,19+,26?,27?/m0/s1. The van der Waals surface area contributed by atoms with Crippen molar-refractivity contribution in [2.75, 3.05) is 26.8 Å². The van der Waals surface area contributed by atoms with Crippen LogP contribution in [0.2, 0.25) is 0 Å². The van der Waals surface area contributed by atoms with Gasteiger partial charge in [-0.15, -0.1) is 0 Å². The average Bonchev–Trinajstić information content (AvgIpc) is 3.42. The molecule has 5 atom stereocenters. The topological polar surface area (TPSA) is 119 Å². The van der Waals surface area contributed by atoms with Crippen LogP contribution in [-0.4, -0.2) is 72.5 Å². The predicted molar refractivity (Wildman–Crippen MR) is 126 cm³/mol. The van der Waals surface area contributed by atoms with E-state index in [0.717, 1.165) is 25.9 Å². The Labute approximate surface area is 210 Å². The summed E-state index contributed by atoms with van der Waals surface area (Å²) in [5.41, 5.74) is -0.962. The Hall–Kier alpha value is -2.94. The zero-order valence-electron chi connectivity index (χ0n) is 21.2. The number of Topliss-reactive ketones (excluding diaryl/α,β-unsaturated/α-hetero) is 2. The second kappa shape index (κ2) is 8.57. The van der Waals surface area contributed by atoms with Crippen LogP contribution < -0.4 is 0 Å². The minimum atomic E-state index is -1.20. The first-order valence-corrected chi connectivity index (χ1v) is 12.6. The molecule has 1 saturated carbocycles. The van der Waals surface area contributed by atoms with Gasteiger partial charge in [-0.25, -0.2) is 4.79 Å². The van der Waals surface area contributed by atoms with Gasteiger partial charge in [0.05, 0.1) is 17.6 Å². The van der Waals surface area contributed by atoms with Crippen LogP contribution in [0.15, 0.2) is 34.3 Å². The SMILES string of the molecule is COC[C@H]1OC(=O)/C(=C\N2CCCC2)C2=C(O)C(=O)C3=C([C@H](OC(C)=O)CC4(C)C(=O)CC[C@@H]34)C21C. The quantitative estimate of drug-likeness (QED) is 0.460. The van der Waals surface area contributed by atoms with Crippen LogP contribution in [-0.2, 0) is 33.4 Å². The van der Waals surface area contributed by atoms with E-state index in [0.29, 0.717) is 24.0 Å². The molecule has 0 spiro atoms. The highest BCUT2D eigenvalue weighted by molar-refractivity contribution is 6.14. The number of likely N-dealkylation sites (tertiary alicyclic amines) is 1. The number of carbonyl (C=O) groups excluding carboxylic acids is 4. The number of aliphatic hydroxyl groups is 1. The Morgan fingerprint density at radius 3 is 2.56 bits per heavy atom. The highest BCUT2D eigenvalue weighted by Crippen LogP contribution is 2.62. The molecule has 5 aliphatic rings. The molecule has 3 aliphatic carbocycles. The third-order valence-electron chi connectivity index (χ3n) is 8.87. The van der Waals surface area contributed by atoms with Crippen LogP contribution in [0, 0.1) is 16.7 Å². The summed E-state index contributed by atoms with van der Waals surface area (Å²) in [4.78, 5) is 54.3. The number of cyclic esters (lactones) is 1. The zero-order chi connectivity index (χ0) is 26.0. The van der Waals surface area contributed by atoms with E-state index in [9.17, 15) is 24.3 Å². The molecule has 5 rings (SSSR count). The molecule has 0 bridgehead atoms. The lowest BCUT2D eigenvalue weighted by Gasteiger charge is -2.53. The number of nitrogens with zero attached hydrogens (tertiary/aromatic N) is 1. The molecule has 2 aliphatic heterocycles. The van der Waals surface area contributed by atoms with Crippen molar-refractivity contribution >= 4 is 23.5 Å². The predicted octanol–water partition coefficient (Wildman–Crippen LogP) is 2.56. The van der Waals surface area contributed by atoms with Gasteiger partial charge in [0.25, 0.3) is 0 Å². The van der Waals surface area contributed by atoms with Crippen molar-refractivity contribution in [3.05, 3.63) is 34.3 Å². The fourth-order valence-corrected chi connectivity index (χ4v) is 7.14. The molecule has 0 aromatic carbocycles. The molecule has 0 aromatic heterocycles. The van der Waals surface area contributed by atoms with Crippen LogP contribution in [0.1, 0.15) is 52.9 Å². The first-order chi connectivity index (χ1) is 17.0. The summed E-state index contributed by atoms with van der Waals surface area (Å²) in [6, 6.07) is 0. The van der Waals surface area contributed by atoms with Gasteiger partial charge in [-0.1, -0.05) is 6.92 Å². The molecule has 1 N–H and O–H groups in total. The number of rotatable bonds is 4. The molecule has 9 heteroatoms. The summed E-state index contributed by atoms with van der Waals surface area (Å²) < 4.78 is 17.1. The van der Waals surface area contributed by atoms with E-state index in [1.807, 2.05) is 18.7 Å². The summed E-state index contributed by atoms with van der Waals surface area (Å²) in [7, 11) is 1.48. The Kier molecular flexibility index (Phi) is 5.89. The number of hydrogen-bond acceptors (Lipinski definition) is 9.